The zero-order valence-electron chi connectivity index (χ0n) is 10.1. The molecular formula is C7H13NNa2O5S. The van der Waals surface area contributed by atoms with E-state index in [-0.39, 0.29) is 72.1 Å². The number of rotatable bonds is 6. The number of carbonyl (C=O) groups is 1. The Kier molecular flexibility index (Phi) is 13.1. The third-order valence-corrected chi connectivity index (χ3v) is 2.44. The third kappa shape index (κ3) is 11.8. The first kappa shape index (κ1) is 22.5. The Balaban J connectivity index is -0.000000845. The summed E-state index contributed by atoms with van der Waals surface area (Å²) in [4.78, 5) is 10.5. The summed E-state index contributed by atoms with van der Waals surface area (Å²) in [5.41, 5.74) is -1.22. The molecule has 6 nitrogen and oxygen atoms in total. The zero-order chi connectivity index (χ0) is 11.4. The Hall–Kier alpha value is 1.34. The molecule has 0 aliphatic heterocycles. The Morgan fingerprint density at radius 3 is 2.06 bits per heavy atom. The number of nitrogens with one attached hydrogen (secondary N) is 1. The minimum atomic E-state index is -4.22. The first-order valence-electron chi connectivity index (χ1n) is 4.05. The van der Waals surface area contributed by atoms with Crippen LogP contribution in [0.1, 0.15) is 20.3 Å². The molecule has 0 unspecified atom stereocenters. The van der Waals surface area contributed by atoms with E-state index >= 15 is 0 Å². The van der Waals surface area contributed by atoms with Gasteiger partial charge >= 0.3 is 59.1 Å². The smallest absolute Gasteiger partial charge is 0.748 e. The molecule has 0 spiro atoms. The van der Waals surface area contributed by atoms with Crippen LogP contribution < -0.4 is 69.5 Å². The molecule has 0 aliphatic rings. The van der Waals surface area contributed by atoms with Crippen molar-refractivity contribution < 1.29 is 82.0 Å². The molecule has 0 saturated heterocycles. The number of hydrogen-bond acceptors (Lipinski definition) is 6. The van der Waals surface area contributed by atoms with Crippen LogP contribution in [-0.4, -0.2) is 36.8 Å². The quantitative estimate of drug-likeness (QED) is 0.291. The van der Waals surface area contributed by atoms with Crippen molar-refractivity contribution in [3.63, 3.8) is 0 Å². The molecule has 84 valence electrons. The number of carboxylic acid groups (broad SMARTS) is 1. The van der Waals surface area contributed by atoms with Crippen LogP contribution in [0.2, 0.25) is 0 Å². The van der Waals surface area contributed by atoms with Gasteiger partial charge in [-0.3, -0.25) is 0 Å². The van der Waals surface area contributed by atoms with Crippen molar-refractivity contribution in [2.45, 2.75) is 25.8 Å². The maximum atomic E-state index is 10.5. The van der Waals surface area contributed by atoms with Gasteiger partial charge in [-0.15, -0.1) is 0 Å². The van der Waals surface area contributed by atoms with Crippen molar-refractivity contribution in [2.24, 2.45) is 0 Å². The molecule has 0 aromatic rings. The van der Waals surface area contributed by atoms with Crippen LogP contribution in [0.25, 0.3) is 0 Å². The van der Waals surface area contributed by atoms with Crippen LogP contribution in [0.3, 0.4) is 0 Å². The van der Waals surface area contributed by atoms with E-state index in [1.807, 2.05) is 0 Å². The second kappa shape index (κ2) is 9.29. The van der Waals surface area contributed by atoms with Gasteiger partial charge in [0, 0.05) is 5.75 Å². The maximum Gasteiger partial charge on any atom is 1.00 e. The maximum absolute atomic E-state index is 10.5. The Morgan fingerprint density at radius 1 is 1.31 bits per heavy atom. The number of aliphatic carboxylic acids is 1. The van der Waals surface area contributed by atoms with E-state index in [1.165, 1.54) is 13.8 Å². The molecule has 16 heavy (non-hydrogen) atoms. The SMILES string of the molecule is CC(C)(NCCCS(=O)(=O)[O-])C(=O)[O-].[Na+].[Na+]. The van der Waals surface area contributed by atoms with Crippen molar-refractivity contribution in [3.05, 3.63) is 0 Å². The predicted molar refractivity (Wildman–Crippen MR) is 46.3 cm³/mol. The van der Waals surface area contributed by atoms with E-state index in [2.05, 4.69) is 5.32 Å². The second-order valence-corrected chi connectivity index (χ2v) is 4.98. The molecule has 0 fully saturated rings. The Labute approximate surface area is 140 Å². The summed E-state index contributed by atoms with van der Waals surface area (Å²) in [6, 6.07) is 0. The number of carboxylic acids is 1. The van der Waals surface area contributed by atoms with Gasteiger partial charge < -0.3 is 19.8 Å². The minimum Gasteiger partial charge on any atom is -0.748 e. The first-order chi connectivity index (χ1) is 6.15. The van der Waals surface area contributed by atoms with Crippen molar-refractivity contribution in [1.82, 2.24) is 5.32 Å². The summed E-state index contributed by atoms with van der Waals surface area (Å²) in [5, 5.41) is 13.0. The molecule has 0 aromatic heterocycles. The van der Waals surface area contributed by atoms with Crippen molar-refractivity contribution >= 4 is 16.1 Å². The fourth-order valence-corrected chi connectivity index (χ4v) is 1.22. The summed E-state index contributed by atoms with van der Waals surface area (Å²) >= 11 is 0. The van der Waals surface area contributed by atoms with Crippen LogP contribution in [0.4, 0.5) is 0 Å². The van der Waals surface area contributed by atoms with Crippen LogP contribution in [0, 0.1) is 0 Å². The van der Waals surface area contributed by atoms with Crippen LogP contribution in [-0.2, 0) is 14.9 Å². The summed E-state index contributed by atoms with van der Waals surface area (Å²) in [6.07, 6.45) is 0.0859. The molecule has 0 bridgehead atoms. The van der Waals surface area contributed by atoms with Gasteiger partial charge in [-0.2, -0.15) is 0 Å². The van der Waals surface area contributed by atoms with Gasteiger partial charge in [0.25, 0.3) is 0 Å². The molecule has 9 heteroatoms. The topological polar surface area (TPSA) is 109 Å². The molecule has 0 radical (unpaired) electrons. The molecule has 0 atom stereocenters. The van der Waals surface area contributed by atoms with E-state index in [4.69, 9.17) is 0 Å². The molecule has 0 aromatic carbocycles. The summed E-state index contributed by atoms with van der Waals surface area (Å²) in [5.74, 6) is -1.77. The Morgan fingerprint density at radius 2 is 1.75 bits per heavy atom. The monoisotopic (exact) mass is 269 g/mol. The van der Waals surface area contributed by atoms with E-state index in [0.29, 0.717) is 0 Å². The van der Waals surface area contributed by atoms with Gasteiger partial charge in [-0.1, -0.05) is 0 Å². The van der Waals surface area contributed by atoms with Gasteiger partial charge in [-0.25, -0.2) is 8.42 Å². The Bertz CT molecular complexity index is 304. The molecule has 1 N–H and O–H groups in total. The fourth-order valence-electron chi connectivity index (χ4n) is 0.722. The molecule has 0 rings (SSSR count). The van der Waals surface area contributed by atoms with Gasteiger partial charge in [-0.05, 0) is 26.8 Å². The zero-order valence-corrected chi connectivity index (χ0v) is 14.9. The second-order valence-electron chi connectivity index (χ2n) is 3.45. The fraction of sp³-hybridized carbons (Fsp3) is 0.857. The average molecular weight is 269 g/mol. The largest absolute Gasteiger partial charge is 1.00 e. The van der Waals surface area contributed by atoms with Crippen LogP contribution in [0.5, 0.6) is 0 Å². The average Bonchev–Trinajstić information content (AvgIpc) is 1.96. The van der Waals surface area contributed by atoms with Gasteiger partial charge in [0.05, 0.1) is 21.6 Å². The van der Waals surface area contributed by atoms with Crippen molar-refractivity contribution in [1.29, 1.82) is 0 Å². The standard InChI is InChI=1S/C7H15NO5S.2Na/c1-7(2,6(9)10)8-4-3-5-14(11,12)13;;/h8H,3-5H2,1-2H3,(H,9,10)(H,11,12,13);;/q;2*+1/p-2. The first-order valence-corrected chi connectivity index (χ1v) is 5.63. The van der Waals surface area contributed by atoms with E-state index in [9.17, 15) is 22.9 Å². The summed E-state index contributed by atoms with van der Waals surface area (Å²) in [7, 11) is -4.22. The minimum absolute atomic E-state index is 0. The molecule has 0 heterocycles. The van der Waals surface area contributed by atoms with Crippen molar-refractivity contribution in [3.8, 4) is 0 Å². The van der Waals surface area contributed by atoms with Crippen LogP contribution >= 0.6 is 0 Å². The van der Waals surface area contributed by atoms with E-state index in [0.717, 1.165) is 0 Å². The molecular weight excluding hydrogens is 256 g/mol. The van der Waals surface area contributed by atoms with Gasteiger partial charge in [0.1, 0.15) is 0 Å². The summed E-state index contributed by atoms with van der Waals surface area (Å²) < 4.78 is 30.5. The van der Waals surface area contributed by atoms with E-state index in [1.54, 1.807) is 0 Å². The predicted octanol–water partition coefficient (Wildman–Crippen LogP) is -7.95. The summed E-state index contributed by atoms with van der Waals surface area (Å²) in [6.45, 7) is 2.94. The molecule has 0 aliphatic carbocycles. The normalized spacial score (nSPS) is 11.2. The third-order valence-electron chi connectivity index (χ3n) is 1.65. The number of hydrogen-bond donors (Lipinski definition) is 1. The van der Waals surface area contributed by atoms with Crippen LogP contribution in [0.15, 0.2) is 0 Å². The van der Waals surface area contributed by atoms with Gasteiger partial charge in [0.2, 0.25) is 0 Å². The molecule has 0 saturated carbocycles. The van der Waals surface area contributed by atoms with Gasteiger partial charge in [0.15, 0.2) is 0 Å². The molecule has 0 amide bonds. The van der Waals surface area contributed by atoms with E-state index < -0.39 is 27.4 Å². The van der Waals surface area contributed by atoms with Crippen molar-refractivity contribution in [2.75, 3.05) is 12.3 Å². The number of carbonyl (C=O) groups excluding carboxylic acids is 1.